The zero-order chi connectivity index (χ0) is 19.2. The maximum Gasteiger partial charge on any atom is 0.277 e. The van der Waals surface area contributed by atoms with Crippen LogP contribution < -0.4 is 10.1 Å². The molecule has 0 spiro atoms. The summed E-state index contributed by atoms with van der Waals surface area (Å²) in [5.41, 5.74) is 1.13. The van der Waals surface area contributed by atoms with E-state index in [1.165, 1.54) is 31.0 Å². The number of thioether (sulfide) groups is 1. The van der Waals surface area contributed by atoms with Crippen LogP contribution >= 0.6 is 11.8 Å². The van der Waals surface area contributed by atoms with Crippen LogP contribution in [-0.2, 0) is 11.4 Å². The molecule has 1 saturated carbocycles. The molecule has 2 aromatic rings. The number of benzene rings is 1. The number of nitrogens with one attached hydrogen (secondary N) is 1. The molecule has 1 fully saturated rings. The lowest BCUT2D eigenvalue weighted by atomic mass is 9.86. The maximum absolute atomic E-state index is 12.5. The van der Waals surface area contributed by atoms with E-state index >= 15 is 0 Å². The maximum atomic E-state index is 12.5. The van der Waals surface area contributed by atoms with E-state index in [1.54, 1.807) is 0 Å². The molecule has 146 valence electrons. The zero-order valence-electron chi connectivity index (χ0n) is 16.1. The Balaban J connectivity index is 1.48. The minimum atomic E-state index is -0.287. The Kier molecular flexibility index (Phi) is 6.77. The summed E-state index contributed by atoms with van der Waals surface area (Å²) in [6.45, 7) is 6.28. The first-order valence-corrected chi connectivity index (χ1v) is 10.4. The molecule has 6 nitrogen and oxygen atoms in total. The van der Waals surface area contributed by atoms with Crippen molar-refractivity contribution >= 4 is 17.7 Å². The standard InChI is InChI=1S/C20H27N3O3S/c1-13-7-6-9-16(11-13)25-12-18-22-23-20(26-18)27-15(3)19(24)21-17-10-5-4-8-14(17)2/h6-7,9,11,14-15,17H,4-5,8,10,12H2,1-3H3,(H,21,24). The van der Waals surface area contributed by atoms with Crippen molar-refractivity contribution in [3.63, 3.8) is 0 Å². The molecule has 0 saturated heterocycles. The molecule has 1 heterocycles. The van der Waals surface area contributed by atoms with Crippen LogP contribution in [0.3, 0.4) is 0 Å². The highest BCUT2D eigenvalue weighted by Gasteiger charge is 2.26. The van der Waals surface area contributed by atoms with Gasteiger partial charge < -0.3 is 14.5 Å². The third-order valence-corrected chi connectivity index (χ3v) is 5.82. The van der Waals surface area contributed by atoms with Crippen molar-refractivity contribution in [3.8, 4) is 5.75 Å². The van der Waals surface area contributed by atoms with Crippen molar-refractivity contribution < 1.29 is 13.9 Å². The number of aromatic nitrogens is 2. The van der Waals surface area contributed by atoms with Crippen molar-refractivity contribution in [2.24, 2.45) is 5.92 Å². The Morgan fingerprint density at radius 3 is 2.96 bits per heavy atom. The molecule has 3 atom stereocenters. The molecule has 1 aliphatic carbocycles. The van der Waals surface area contributed by atoms with E-state index in [1.807, 2.05) is 38.1 Å². The molecule has 3 rings (SSSR count). The molecule has 1 amide bonds. The summed E-state index contributed by atoms with van der Waals surface area (Å²) in [6.07, 6.45) is 4.68. The van der Waals surface area contributed by atoms with Crippen LogP contribution in [-0.4, -0.2) is 27.4 Å². The monoisotopic (exact) mass is 389 g/mol. The van der Waals surface area contributed by atoms with E-state index in [0.29, 0.717) is 17.0 Å². The number of ether oxygens (including phenoxy) is 1. The van der Waals surface area contributed by atoms with Gasteiger partial charge in [0.05, 0.1) is 5.25 Å². The largest absolute Gasteiger partial charge is 0.484 e. The van der Waals surface area contributed by atoms with Crippen LogP contribution in [0, 0.1) is 12.8 Å². The van der Waals surface area contributed by atoms with Crippen LogP contribution in [0.2, 0.25) is 0 Å². The summed E-state index contributed by atoms with van der Waals surface area (Å²) in [7, 11) is 0. The lowest BCUT2D eigenvalue weighted by Gasteiger charge is -2.30. The lowest BCUT2D eigenvalue weighted by molar-refractivity contribution is -0.121. The van der Waals surface area contributed by atoms with Crippen LogP contribution in [0.15, 0.2) is 33.9 Å². The second kappa shape index (κ2) is 9.26. The third kappa shape index (κ3) is 5.73. The molecular weight excluding hydrogens is 362 g/mol. The zero-order valence-corrected chi connectivity index (χ0v) is 16.9. The fourth-order valence-corrected chi connectivity index (χ4v) is 3.94. The van der Waals surface area contributed by atoms with Crippen LogP contribution in [0.5, 0.6) is 5.75 Å². The average Bonchev–Trinajstić information content (AvgIpc) is 3.09. The van der Waals surface area contributed by atoms with Gasteiger partial charge in [-0.3, -0.25) is 4.79 Å². The van der Waals surface area contributed by atoms with Gasteiger partial charge in [-0.25, -0.2) is 0 Å². The van der Waals surface area contributed by atoms with E-state index in [0.717, 1.165) is 17.7 Å². The average molecular weight is 390 g/mol. The van der Waals surface area contributed by atoms with Gasteiger partial charge in [-0.1, -0.05) is 43.7 Å². The van der Waals surface area contributed by atoms with Gasteiger partial charge in [-0.2, -0.15) is 0 Å². The molecule has 1 N–H and O–H groups in total. The first kappa shape index (κ1) is 19.7. The predicted octanol–water partition coefficient (Wildman–Crippen LogP) is 4.13. The van der Waals surface area contributed by atoms with Crippen LogP contribution in [0.1, 0.15) is 51.0 Å². The summed E-state index contributed by atoms with van der Waals surface area (Å²) in [6, 6.07) is 8.06. The number of aryl methyl sites for hydroxylation is 1. The van der Waals surface area contributed by atoms with Crippen molar-refractivity contribution in [3.05, 3.63) is 35.7 Å². The van der Waals surface area contributed by atoms with E-state index in [4.69, 9.17) is 9.15 Å². The highest BCUT2D eigenvalue weighted by Crippen LogP contribution is 2.26. The van der Waals surface area contributed by atoms with E-state index in [9.17, 15) is 4.79 Å². The quantitative estimate of drug-likeness (QED) is 0.718. The minimum Gasteiger partial charge on any atom is -0.484 e. The summed E-state index contributed by atoms with van der Waals surface area (Å²) >= 11 is 1.28. The number of carbonyl (C=O) groups is 1. The van der Waals surface area contributed by atoms with Gasteiger partial charge in [0.15, 0.2) is 6.61 Å². The van der Waals surface area contributed by atoms with Gasteiger partial charge in [-0.05, 0) is 50.3 Å². The van der Waals surface area contributed by atoms with Gasteiger partial charge in [0.2, 0.25) is 5.91 Å². The van der Waals surface area contributed by atoms with Crippen molar-refractivity contribution in [2.45, 2.75) is 69.6 Å². The van der Waals surface area contributed by atoms with Gasteiger partial charge in [0, 0.05) is 6.04 Å². The molecule has 0 aliphatic heterocycles. The number of hydrogen-bond acceptors (Lipinski definition) is 6. The van der Waals surface area contributed by atoms with Crippen molar-refractivity contribution in [1.29, 1.82) is 0 Å². The molecule has 3 unspecified atom stereocenters. The summed E-state index contributed by atoms with van der Waals surface area (Å²) in [5.74, 6) is 1.72. The Labute approximate surface area is 164 Å². The van der Waals surface area contributed by atoms with Crippen molar-refractivity contribution in [1.82, 2.24) is 15.5 Å². The number of carbonyl (C=O) groups excluding carboxylic acids is 1. The fraction of sp³-hybridized carbons (Fsp3) is 0.550. The normalized spacial score (nSPS) is 20.9. The van der Waals surface area contributed by atoms with E-state index in [2.05, 4.69) is 22.4 Å². The molecule has 1 aromatic heterocycles. The summed E-state index contributed by atoms with van der Waals surface area (Å²) in [5, 5.41) is 11.3. The molecule has 0 bridgehead atoms. The Hall–Kier alpha value is -2.02. The number of amides is 1. The molecule has 27 heavy (non-hydrogen) atoms. The fourth-order valence-electron chi connectivity index (χ4n) is 3.23. The van der Waals surface area contributed by atoms with Gasteiger partial charge in [-0.15, -0.1) is 10.2 Å². The number of nitrogens with zero attached hydrogens (tertiary/aromatic N) is 2. The molecule has 0 radical (unpaired) electrons. The minimum absolute atomic E-state index is 0.0227. The van der Waals surface area contributed by atoms with E-state index in [-0.39, 0.29) is 23.8 Å². The van der Waals surface area contributed by atoms with Crippen LogP contribution in [0.4, 0.5) is 0 Å². The molecule has 7 heteroatoms. The molecule has 1 aliphatic rings. The van der Waals surface area contributed by atoms with Gasteiger partial charge >= 0.3 is 0 Å². The topological polar surface area (TPSA) is 77.2 Å². The SMILES string of the molecule is Cc1cccc(OCc2nnc(SC(C)C(=O)NC3CCCCC3C)o2)c1. The summed E-state index contributed by atoms with van der Waals surface area (Å²) in [4.78, 5) is 12.5. The smallest absolute Gasteiger partial charge is 0.277 e. The second-order valence-electron chi connectivity index (χ2n) is 7.20. The first-order chi connectivity index (χ1) is 13.0. The van der Waals surface area contributed by atoms with Gasteiger partial charge in [0.1, 0.15) is 5.75 Å². The molecular formula is C20H27N3O3S. The third-order valence-electron chi connectivity index (χ3n) is 4.89. The molecule has 1 aromatic carbocycles. The lowest BCUT2D eigenvalue weighted by Crippen LogP contribution is -2.44. The van der Waals surface area contributed by atoms with Crippen molar-refractivity contribution in [2.75, 3.05) is 0 Å². The highest BCUT2D eigenvalue weighted by molar-refractivity contribution is 8.00. The Morgan fingerprint density at radius 1 is 1.37 bits per heavy atom. The number of hydrogen-bond donors (Lipinski definition) is 1. The first-order valence-electron chi connectivity index (χ1n) is 9.50. The van der Waals surface area contributed by atoms with Crippen LogP contribution in [0.25, 0.3) is 0 Å². The second-order valence-corrected chi connectivity index (χ2v) is 8.50. The predicted molar refractivity (Wildman–Crippen MR) is 105 cm³/mol. The Bertz CT molecular complexity index is 764. The highest BCUT2D eigenvalue weighted by atomic mass is 32.2. The Morgan fingerprint density at radius 2 is 2.19 bits per heavy atom. The number of rotatable bonds is 7. The van der Waals surface area contributed by atoms with E-state index < -0.39 is 0 Å². The summed E-state index contributed by atoms with van der Waals surface area (Å²) < 4.78 is 11.3. The van der Waals surface area contributed by atoms with Gasteiger partial charge in [0.25, 0.3) is 11.1 Å².